The van der Waals surface area contributed by atoms with Crippen LogP contribution >= 0.6 is 11.6 Å². The topological polar surface area (TPSA) is 121 Å². The molecule has 4 aromatic rings. The fourth-order valence-corrected chi connectivity index (χ4v) is 5.05. The lowest BCUT2D eigenvalue weighted by atomic mass is 9.96. The Kier molecular flexibility index (Phi) is 7.83. The van der Waals surface area contributed by atoms with Crippen molar-refractivity contribution < 1.29 is 4.79 Å². The number of amides is 1. The van der Waals surface area contributed by atoms with Gasteiger partial charge in [0.2, 0.25) is 11.9 Å². The van der Waals surface area contributed by atoms with Gasteiger partial charge in [-0.1, -0.05) is 11.6 Å². The van der Waals surface area contributed by atoms with Crippen LogP contribution < -0.4 is 21.1 Å². The highest BCUT2D eigenvalue weighted by Gasteiger charge is 2.27. The minimum Gasteiger partial charge on any atom is -0.375 e. The molecule has 11 nitrogen and oxygen atoms in total. The molecule has 1 aliphatic rings. The van der Waals surface area contributed by atoms with Gasteiger partial charge in [-0.05, 0) is 44.0 Å². The average Bonchev–Trinajstić information content (AvgIpc) is 2.97. The van der Waals surface area contributed by atoms with Crippen molar-refractivity contribution in [3.8, 4) is 0 Å². The highest BCUT2D eigenvalue weighted by atomic mass is 35.5. The smallest absolute Gasteiger partial charge is 0.252 e. The molecule has 1 fully saturated rings. The number of anilines is 4. The zero-order chi connectivity index (χ0) is 28.4. The number of nitrogens with one attached hydrogen (secondary N) is 2. The summed E-state index contributed by atoms with van der Waals surface area (Å²) in [5, 5.41) is 7.94. The molecule has 208 valence electrons. The van der Waals surface area contributed by atoms with Crippen molar-refractivity contribution in [2.75, 3.05) is 42.7 Å². The second kappa shape index (κ2) is 11.5. The Morgan fingerprint density at radius 3 is 2.55 bits per heavy atom. The zero-order valence-corrected chi connectivity index (χ0v) is 23.7. The van der Waals surface area contributed by atoms with Crippen LogP contribution in [-0.2, 0) is 11.8 Å². The summed E-state index contributed by atoms with van der Waals surface area (Å²) >= 11 is 6.49. The second-order valence-corrected chi connectivity index (χ2v) is 10.6. The molecule has 5 rings (SSSR count). The molecule has 1 amide bonds. The Balaban J connectivity index is 1.40. The summed E-state index contributed by atoms with van der Waals surface area (Å²) in [6, 6.07) is 8.84. The first-order chi connectivity index (χ1) is 19.2. The SMILES string of the molecule is CC(Nc1cc(=O)n(C)c2ccc(Nc3nc(N4CCC(C(=O)N(C)C)CC4)ncc3Cl)cc12)c1ncccn1. The Morgan fingerprint density at radius 2 is 1.85 bits per heavy atom. The Hall–Kier alpha value is -4.25. The van der Waals surface area contributed by atoms with Gasteiger partial charge in [0.05, 0.1) is 17.8 Å². The van der Waals surface area contributed by atoms with Crippen molar-refractivity contribution in [3.63, 3.8) is 0 Å². The van der Waals surface area contributed by atoms with Gasteiger partial charge in [0.25, 0.3) is 5.56 Å². The van der Waals surface area contributed by atoms with Crippen molar-refractivity contribution >= 4 is 51.6 Å². The molecular weight excluding hydrogens is 530 g/mol. The number of pyridine rings is 1. The van der Waals surface area contributed by atoms with Gasteiger partial charge in [0.1, 0.15) is 10.8 Å². The molecule has 4 heterocycles. The predicted octanol–water partition coefficient (Wildman–Crippen LogP) is 3.99. The highest BCUT2D eigenvalue weighted by Crippen LogP contribution is 2.31. The third kappa shape index (κ3) is 5.69. The van der Waals surface area contributed by atoms with Crippen molar-refractivity contribution in [1.82, 2.24) is 29.4 Å². The first kappa shape index (κ1) is 27.3. The summed E-state index contributed by atoms with van der Waals surface area (Å²) in [5.41, 5.74) is 2.06. The summed E-state index contributed by atoms with van der Waals surface area (Å²) in [4.78, 5) is 46.6. The first-order valence-corrected chi connectivity index (χ1v) is 13.5. The van der Waals surface area contributed by atoms with Gasteiger partial charge in [-0.3, -0.25) is 9.59 Å². The number of hydrogen-bond donors (Lipinski definition) is 2. The molecule has 12 heteroatoms. The fourth-order valence-electron chi connectivity index (χ4n) is 4.92. The Bertz CT molecular complexity index is 1580. The van der Waals surface area contributed by atoms with E-state index in [2.05, 4.69) is 30.5 Å². The number of piperidine rings is 1. The van der Waals surface area contributed by atoms with Gasteiger partial charge in [-0.25, -0.2) is 15.0 Å². The molecule has 0 spiro atoms. The largest absolute Gasteiger partial charge is 0.375 e. The van der Waals surface area contributed by atoms with E-state index in [-0.39, 0.29) is 23.4 Å². The molecule has 0 bridgehead atoms. The lowest BCUT2D eigenvalue weighted by Gasteiger charge is -2.32. The van der Waals surface area contributed by atoms with E-state index in [9.17, 15) is 9.59 Å². The Labute approximate surface area is 237 Å². The van der Waals surface area contributed by atoms with E-state index < -0.39 is 0 Å². The van der Waals surface area contributed by atoms with E-state index in [1.165, 1.54) is 0 Å². The molecule has 0 radical (unpaired) electrons. The zero-order valence-electron chi connectivity index (χ0n) is 22.9. The number of aromatic nitrogens is 5. The Morgan fingerprint density at radius 1 is 1.12 bits per heavy atom. The summed E-state index contributed by atoms with van der Waals surface area (Å²) in [7, 11) is 5.32. The number of aryl methyl sites for hydroxylation is 1. The van der Waals surface area contributed by atoms with E-state index in [4.69, 9.17) is 16.6 Å². The van der Waals surface area contributed by atoms with E-state index in [0.29, 0.717) is 41.4 Å². The van der Waals surface area contributed by atoms with Crippen molar-refractivity contribution in [2.45, 2.75) is 25.8 Å². The third-order valence-electron chi connectivity index (χ3n) is 7.15. The van der Waals surface area contributed by atoms with Crippen LogP contribution in [0.3, 0.4) is 0 Å². The van der Waals surface area contributed by atoms with Crippen LogP contribution in [0.2, 0.25) is 5.02 Å². The monoisotopic (exact) mass is 561 g/mol. The molecule has 1 atom stereocenters. The highest BCUT2D eigenvalue weighted by molar-refractivity contribution is 6.32. The molecule has 2 N–H and O–H groups in total. The maximum Gasteiger partial charge on any atom is 0.252 e. The molecular formula is C28H32ClN9O2. The van der Waals surface area contributed by atoms with Gasteiger partial charge in [0.15, 0.2) is 5.82 Å². The maximum atomic E-state index is 12.7. The van der Waals surface area contributed by atoms with E-state index in [0.717, 1.165) is 29.4 Å². The number of fused-ring (bicyclic) bond motifs is 1. The number of carbonyl (C=O) groups is 1. The van der Waals surface area contributed by atoms with Gasteiger partial charge in [0, 0.05) is 75.4 Å². The quantitative estimate of drug-likeness (QED) is 0.345. The lowest BCUT2D eigenvalue weighted by molar-refractivity contribution is -0.133. The van der Waals surface area contributed by atoms with Gasteiger partial charge in [-0.15, -0.1) is 0 Å². The van der Waals surface area contributed by atoms with E-state index in [1.807, 2.05) is 25.1 Å². The maximum absolute atomic E-state index is 12.7. The third-order valence-corrected chi connectivity index (χ3v) is 7.43. The number of nitrogens with zero attached hydrogens (tertiary/aromatic N) is 7. The van der Waals surface area contributed by atoms with E-state index in [1.54, 1.807) is 61.3 Å². The summed E-state index contributed by atoms with van der Waals surface area (Å²) in [6.07, 6.45) is 6.46. The predicted molar refractivity (Wildman–Crippen MR) is 157 cm³/mol. The first-order valence-electron chi connectivity index (χ1n) is 13.1. The lowest BCUT2D eigenvalue weighted by Crippen LogP contribution is -2.40. The van der Waals surface area contributed by atoms with Gasteiger partial charge >= 0.3 is 0 Å². The minimum absolute atomic E-state index is 0.0173. The van der Waals surface area contributed by atoms with Crippen LogP contribution in [-0.4, -0.2) is 62.5 Å². The van der Waals surface area contributed by atoms with Crippen molar-refractivity contribution in [2.24, 2.45) is 13.0 Å². The number of halogens is 1. The number of rotatable bonds is 7. The van der Waals surface area contributed by atoms with Crippen LogP contribution in [0.25, 0.3) is 10.9 Å². The van der Waals surface area contributed by atoms with Crippen molar-refractivity contribution in [1.29, 1.82) is 0 Å². The number of hydrogen-bond acceptors (Lipinski definition) is 9. The van der Waals surface area contributed by atoms with Crippen LogP contribution in [0, 0.1) is 5.92 Å². The van der Waals surface area contributed by atoms with Gasteiger partial charge < -0.3 is 25.0 Å². The summed E-state index contributed by atoms with van der Waals surface area (Å²) in [6.45, 7) is 3.32. The van der Waals surface area contributed by atoms with Crippen LogP contribution in [0.4, 0.5) is 23.1 Å². The molecule has 40 heavy (non-hydrogen) atoms. The number of benzene rings is 1. The number of carbonyl (C=O) groups excluding carboxylic acids is 1. The van der Waals surface area contributed by atoms with Gasteiger partial charge in [-0.2, -0.15) is 4.98 Å². The molecule has 3 aromatic heterocycles. The van der Waals surface area contributed by atoms with Crippen LogP contribution in [0.1, 0.15) is 31.6 Å². The molecule has 0 aliphatic carbocycles. The van der Waals surface area contributed by atoms with Crippen LogP contribution in [0.5, 0.6) is 0 Å². The van der Waals surface area contributed by atoms with Crippen LogP contribution in [0.15, 0.2) is 53.7 Å². The second-order valence-electron chi connectivity index (χ2n) is 10.1. The molecule has 1 aliphatic heterocycles. The molecule has 1 saturated heterocycles. The fraction of sp³-hybridized carbons (Fsp3) is 0.357. The van der Waals surface area contributed by atoms with Crippen molar-refractivity contribution in [3.05, 3.63) is 70.1 Å². The minimum atomic E-state index is -0.218. The summed E-state index contributed by atoms with van der Waals surface area (Å²) in [5.74, 6) is 1.84. The van der Waals surface area contributed by atoms with E-state index >= 15 is 0 Å². The normalized spacial score (nSPS) is 14.7. The molecule has 1 unspecified atom stereocenters. The molecule has 0 saturated carbocycles. The summed E-state index contributed by atoms with van der Waals surface area (Å²) < 4.78 is 1.61. The molecule has 1 aromatic carbocycles. The average molecular weight is 562 g/mol. The standard InChI is InChI=1S/C28H32ClN9O2/c1-17(25-30-10-5-11-31-25)33-22-15-24(39)37(4)23-7-6-19(14-20(22)23)34-26-21(29)16-32-28(35-26)38-12-8-18(9-13-38)27(40)36(2)3/h5-7,10-11,14-18,33H,8-9,12-13H2,1-4H3,(H,32,34,35).